The number of H-pyrrole nitrogens is 1. The van der Waals surface area contributed by atoms with Gasteiger partial charge in [-0.25, -0.2) is 0 Å². The van der Waals surface area contributed by atoms with Gasteiger partial charge in [0.05, 0.1) is 6.04 Å². The van der Waals surface area contributed by atoms with Crippen LogP contribution in [0.15, 0.2) is 72.8 Å². The fraction of sp³-hybridized carbons (Fsp3) is 0.233. The fourth-order valence-electron chi connectivity index (χ4n) is 5.56. The smallest absolute Gasteiger partial charge is 0.255 e. The molecule has 37 heavy (non-hydrogen) atoms. The van der Waals surface area contributed by atoms with Crippen molar-refractivity contribution >= 4 is 28.6 Å². The number of carbonyl (C=O) groups excluding carboxylic acids is 3. The molecule has 0 aliphatic carbocycles. The first-order valence-electron chi connectivity index (χ1n) is 12.6. The molecule has 3 atom stereocenters. The Balaban J connectivity index is 1.26. The first-order valence-corrected chi connectivity index (χ1v) is 12.6. The fourth-order valence-corrected chi connectivity index (χ4v) is 5.56. The Morgan fingerprint density at radius 3 is 2.57 bits per heavy atom. The predicted octanol–water partition coefficient (Wildman–Crippen LogP) is 3.77. The molecule has 0 unspecified atom stereocenters. The summed E-state index contributed by atoms with van der Waals surface area (Å²) in [6.45, 7) is 4.06. The zero-order valence-electron chi connectivity index (χ0n) is 20.7. The van der Waals surface area contributed by atoms with Gasteiger partial charge in [-0.1, -0.05) is 66.2 Å². The maximum Gasteiger partial charge on any atom is 0.255 e. The molecule has 0 saturated carbocycles. The highest BCUT2D eigenvalue weighted by Crippen LogP contribution is 2.46. The summed E-state index contributed by atoms with van der Waals surface area (Å²) in [5, 5.41) is 6.81. The van der Waals surface area contributed by atoms with Crippen LogP contribution in [-0.2, 0) is 22.6 Å². The zero-order valence-corrected chi connectivity index (χ0v) is 20.7. The number of para-hydroxylation sites is 1. The van der Waals surface area contributed by atoms with Gasteiger partial charge in [-0.15, -0.1) is 0 Å². The summed E-state index contributed by atoms with van der Waals surface area (Å²) < 4.78 is 0. The second kappa shape index (κ2) is 8.92. The van der Waals surface area contributed by atoms with E-state index in [1.54, 1.807) is 11.8 Å². The van der Waals surface area contributed by atoms with Crippen molar-refractivity contribution in [2.45, 2.75) is 44.9 Å². The summed E-state index contributed by atoms with van der Waals surface area (Å²) in [6, 6.07) is 21.6. The first-order chi connectivity index (χ1) is 17.9. The number of rotatable bonds is 5. The third-order valence-electron chi connectivity index (χ3n) is 7.49. The van der Waals surface area contributed by atoms with E-state index in [1.165, 1.54) is 0 Å². The number of aryl methyl sites for hydroxylation is 1. The Morgan fingerprint density at radius 2 is 1.76 bits per heavy atom. The summed E-state index contributed by atoms with van der Waals surface area (Å²) >= 11 is 0. The average molecular weight is 493 g/mol. The average Bonchev–Trinajstić information content (AvgIpc) is 3.43. The quantitative estimate of drug-likeness (QED) is 0.396. The van der Waals surface area contributed by atoms with E-state index in [-0.39, 0.29) is 23.8 Å². The van der Waals surface area contributed by atoms with E-state index >= 15 is 0 Å². The zero-order chi connectivity index (χ0) is 25.7. The maximum absolute atomic E-state index is 13.6. The molecule has 0 radical (unpaired) electrons. The second-order valence-corrected chi connectivity index (χ2v) is 9.92. The van der Waals surface area contributed by atoms with Crippen molar-refractivity contribution in [2.75, 3.05) is 0 Å². The van der Waals surface area contributed by atoms with Gasteiger partial charge in [-0.05, 0) is 42.7 Å². The molecule has 0 spiro atoms. The second-order valence-electron chi connectivity index (χ2n) is 9.92. The Kier molecular flexibility index (Phi) is 5.56. The van der Waals surface area contributed by atoms with Gasteiger partial charge in [0.1, 0.15) is 12.1 Å². The van der Waals surface area contributed by atoms with Crippen LogP contribution in [0.5, 0.6) is 0 Å². The van der Waals surface area contributed by atoms with E-state index in [1.807, 2.05) is 79.7 Å². The minimum absolute atomic E-state index is 0.165. The topological polar surface area (TPSA) is 94.3 Å². The summed E-state index contributed by atoms with van der Waals surface area (Å²) in [6.07, 6.45) is 0.374. The van der Waals surface area contributed by atoms with Crippen molar-refractivity contribution in [3.63, 3.8) is 0 Å². The lowest BCUT2D eigenvalue weighted by Crippen LogP contribution is -2.55. The lowest BCUT2D eigenvalue weighted by atomic mass is 9.90. The molecular formula is C30H28N4O3. The molecule has 4 aromatic rings. The standard InChI is InChI=1S/C30H28N4O3/c1-17-11-13-19(14-12-17)16-31-28(35)18(2)32-29(36)25-15-23-20-7-5-6-10-24(20)33-26(23)27-21-8-3-4-9-22(21)30(37)34(25)27/h3-14,18,25,27,33H,15-16H2,1-2H3,(H,31,35)(H,32,36)/t18-,25-,27-/m0/s1. The summed E-state index contributed by atoms with van der Waals surface area (Å²) in [7, 11) is 0. The van der Waals surface area contributed by atoms with E-state index in [4.69, 9.17) is 0 Å². The van der Waals surface area contributed by atoms with Crippen LogP contribution in [0.2, 0.25) is 0 Å². The molecular weight excluding hydrogens is 464 g/mol. The minimum Gasteiger partial charge on any atom is -0.356 e. The van der Waals surface area contributed by atoms with E-state index in [9.17, 15) is 14.4 Å². The van der Waals surface area contributed by atoms with Gasteiger partial charge in [0, 0.05) is 35.1 Å². The largest absolute Gasteiger partial charge is 0.356 e. The van der Waals surface area contributed by atoms with Crippen molar-refractivity contribution in [3.05, 3.63) is 106 Å². The number of aromatic nitrogens is 1. The molecule has 0 saturated heterocycles. The molecule has 1 aromatic heterocycles. The molecule has 0 fully saturated rings. The SMILES string of the molecule is Cc1ccc(CNC(=O)[C@H](C)NC(=O)[C@@H]2Cc3c([nH]c4ccccc34)[C@@H]3c4ccccc4C(=O)N32)cc1. The summed E-state index contributed by atoms with van der Waals surface area (Å²) in [5.74, 6) is -0.772. The first kappa shape index (κ1) is 23.0. The van der Waals surface area contributed by atoms with Gasteiger partial charge < -0.3 is 20.5 Å². The van der Waals surface area contributed by atoms with Gasteiger partial charge in [-0.3, -0.25) is 14.4 Å². The molecule has 6 rings (SSSR count). The van der Waals surface area contributed by atoms with Crippen LogP contribution < -0.4 is 10.6 Å². The van der Waals surface area contributed by atoms with Crippen LogP contribution in [0.4, 0.5) is 0 Å². The number of nitrogens with one attached hydrogen (secondary N) is 3. The molecule has 3 heterocycles. The number of nitrogens with zero attached hydrogens (tertiary/aromatic N) is 1. The molecule has 2 aliphatic heterocycles. The normalized spacial score (nSPS) is 18.6. The molecule has 0 bridgehead atoms. The molecule has 3 N–H and O–H groups in total. The number of benzene rings is 3. The van der Waals surface area contributed by atoms with Crippen molar-refractivity contribution < 1.29 is 14.4 Å². The molecule has 3 amide bonds. The number of fused-ring (bicyclic) bond motifs is 7. The highest BCUT2D eigenvalue weighted by Gasteiger charge is 2.49. The lowest BCUT2D eigenvalue weighted by Gasteiger charge is -2.37. The highest BCUT2D eigenvalue weighted by molar-refractivity contribution is 6.04. The van der Waals surface area contributed by atoms with Crippen LogP contribution in [-0.4, -0.2) is 39.7 Å². The van der Waals surface area contributed by atoms with Crippen molar-refractivity contribution in [1.29, 1.82) is 0 Å². The van der Waals surface area contributed by atoms with Crippen LogP contribution >= 0.6 is 0 Å². The van der Waals surface area contributed by atoms with E-state index in [2.05, 4.69) is 15.6 Å². The number of aromatic amines is 1. The molecule has 186 valence electrons. The molecule has 7 heteroatoms. The van der Waals surface area contributed by atoms with E-state index in [0.29, 0.717) is 18.5 Å². The number of hydrogen-bond acceptors (Lipinski definition) is 3. The Hall–Kier alpha value is -4.39. The monoisotopic (exact) mass is 492 g/mol. The van der Waals surface area contributed by atoms with Crippen molar-refractivity contribution in [2.24, 2.45) is 0 Å². The summed E-state index contributed by atoms with van der Waals surface area (Å²) in [4.78, 5) is 45.1. The number of carbonyl (C=O) groups is 3. The van der Waals surface area contributed by atoms with Crippen LogP contribution in [0.3, 0.4) is 0 Å². The van der Waals surface area contributed by atoms with Gasteiger partial charge in [0.25, 0.3) is 5.91 Å². The van der Waals surface area contributed by atoms with E-state index in [0.717, 1.165) is 38.9 Å². The lowest BCUT2D eigenvalue weighted by molar-refractivity contribution is -0.131. The van der Waals surface area contributed by atoms with Gasteiger partial charge in [-0.2, -0.15) is 0 Å². The number of amides is 3. The van der Waals surface area contributed by atoms with Gasteiger partial charge in [0.2, 0.25) is 11.8 Å². The van der Waals surface area contributed by atoms with Gasteiger partial charge in [0.15, 0.2) is 0 Å². The van der Waals surface area contributed by atoms with E-state index < -0.39 is 12.1 Å². The molecule has 7 nitrogen and oxygen atoms in total. The van der Waals surface area contributed by atoms with Crippen molar-refractivity contribution in [3.8, 4) is 0 Å². The maximum atomic E-state index is 13.6. The predicted molar refractivity (Wildman–Crippen MR) is 141 cm³/mol. The third kappa shape index (κ3) is 3.87. The summed E-state index contributed by atoms with van der Waals surface area (Å²) in [5.41, 5.74) is 6.61. The Labute approximate surface area is 214 Å². The molecule has 3 aromatic carbocycles. The Morgan fingerprint density at radius 1 is 1.03 bits per heavy atom. The van der Waals surface area contributed by atoms with Crippen LogP contribution in [0.1, 0.15) is 51.3 Å². The Bertz CT molecular complexity index is 1540. The highest BCUT2D eigenvalue weighted by atomic mass is 16.2. The van der Waals surface area contributed by atoms with Crippen LogP contribution in [0.25, 0.3) is 10.9 Å². The number of hydrogen-bond donors (Lipinski definition) is 3. The third-order valence-corrected chi connectivity index (χ3v) is 7.49. The van der Waals surface area contributed by atoms with Crippen LogP contribution in [0, 0.1) is 6.92 Å². The molecule has 2 aliphatic rings. The van der Waals surface area contributed by atoms with Crippen molar-refractivity contribution in [1.82, 2.24) is 20.5 Å². The van der Waals surface area contributed by atoms with Gasteiger partial charge >= 0.3 is 0 Å². The minimum atomic E-state index is -0.749.